The third kappa shape index (κ3) is 3.88. The quantitative estimate of drug-likeness (QED) is 0.902. The van der Waals surface area contributed by atoms with E-state index in [4.69, 9.17) is 9.26 Å². The fraction of sp³-hybridized carbons (Fsp3) is 0.526. The molecule has 3 heterocycles. The number of nitrogens with zero attached hydrogens (tertiary/aromatic N) is 3. The Kier molecular flexibility index (Phi) is 5.56. The molecule has 0 radical (unpaired) electrons. The highest BCUT2D eigenvalue weighted by molar-refractivity contribution is 5.96. The van der Waals surface area contributed by atoms with Crippen molar-refractivity contribution < 1.29 is 19.2 Å². The first-order valence-corrected chi connectivity index (χ1v) is 8.97. The molecule has 0 aromatic carbocycles. The first-order chi connectivity index (χ1) is 12.5. The number of pyridine rings is 1. The average molecular weight is 359 g/mol. The summed E-state index contributed by atoms with van der Waals surface area (Å²) >= 11 is 0. The number of hydrogen-bond donors (Lipinski definition) is 1. The molecule has 1 fully saturated rings. The van der Waals surface area contributed by atoms with E-state index >= 15 is 0 Å². The lowest BCUT2D eigenvalue weighted by Crippen LogP contribution is -2.33. The van der Waals surface area contributed by atoms with Crippen molar-refractivity contribution in [1.29, 1.82) is 0 Å². The summed E-state index contributed by atoms with van der Waals surface area (Å²) in [5.74, 6) is 1.16. The van der Waals surface area contributed by atoms with Gasteiger partial charge in [0.2, 0.25) is 0 Å². The molecule has 7 nitrogen and oxygen atoms in total. The van der Waals surface area contributed by atoms with Crippen molar-refractivity contribution in [1.82, 2.24) is 15.0 Å². The van der Waals surface area contributed by atoms with E-state index in [0.29, 0.717) is 48.7 Å². The molecule has 0 aliphatic carbocycles. The number of carbonyl (C=O) groups is 1. The molecule has 0 bridgehead atoms. The molecule has 0 spiro atoms. The zero-order valence-corrected chi connectivity index (χ0v) is 15.4. The predicted octanol–water partition coefficient (Wildman–Crippen LogP) is 2.55. The van der Waals surface area contributed by atoms with Gasteiger partial charge in [0.15, 0.2) is 0 Å². The number of carbonyl (C=O) groups excluding carboxylic acids is 1. The summed E-state index contributed by atoms with van der Waals surface area (Å²) in [6, 6.07) is 3.60. The SMILES string of the molecule is Cc1onc(C(C)C)c1C(=O)N1CC[C@H](Oc2cccnc2)[C@@H](O)CC1. The largest absolute Gasteiger partial charge is 0.486 e. The van der Waals surface area contributed by atoms with Crippen molar-refractivity contribution in [2.24, 2.45) is 0 Å². The van der Waals surface area contributed by atoms with Gasteiger partial charge in [-0.1, -0.05) is 19.0 Å². The van der Waals surface area contributed by atoms with Crippen molar-refractivity contribution in [3.05, 3.63) is 41.5 Å². The molecule has 3 rings (SSSR count). The number of aliphatic hydroxyl groups excluding tert-OH is 1. The van der Waals surface area contributed by atoms with Gasteiger partial charge in [-0.2, -0.15) is 0 Å². The van der Waals surface area contributed by atoms with Crippen molar-refractivity contribution in [3.8, 4) is 5.75 Å². The van der Waals surface area contributed by atoms with Gasteiger partial charge in [-0.25, -0.2) is 0 Å². The van der Waals surface area contributed by atoms with Crippen LogP contribution in [0.4, 0.5) is 0 Å². The van der Waals surface area contributed by atoms with Gasteiger partial charge in [0, 0.05) is 25.7 Å². The predicted molar refractivity (Wildman–Crippen MR) is 95.1 cm³/mol. The van der Waals surface area contributed by atoms with Crippen molar-refractivity contribution in [3.63, 3.8) is 0 Å². The van der Waals surface area contributed by atoms with Gasteiger partial charge in [0.05, 0.1) is 18.0 Å². The fourth-order valence-corrected chi connectivity index (χ4v) is 3.20. The van der Waals surface area contributed by atoms with Crippen LogP contribution in [-0.4, -0.2) is 51.4 Å². The summed E-state index contributed by atoms with van der Waals surface area (Å²) < 4.78 is 11.1. The maximum absolute atomic E-state index is 13.0. The van der Waals surface area contributed by atoms with Crippen LogP contribution >= 0.6 is 0 Å². The van der Waals surface area contributed by atoms with Crippen molar-refractivity contribution in [2.45, 2.75) is 51.7 Å². The molecule has 1 amide bonds. The van der Waals surface area contributed by atoms with E-state index < -0.39 is 6.10 Å². The second-order valence-corrected chi connectivity index (χ2v) is 6.94. The summed E-state index contributed by atoms with van der Waals surface area (Å²) in [7, 11) is 0. The molecule has 2 aromatic rings. The topological polar surface area (TPSA) is 88.7 Å². The third-order valence-corrected chi connectivity index (χ3v) is 4.67. The first-order valence-electron chi connectivity index (χ1n) is 8.97. The number of likely N-dealkylation sites (tertiary alicyclic amines) is 1. The average Bonchev–Trinajstić information content (AvgIpc) is 2.93. The monoisotopic (exact) mass is 359 g/mol. The van der Waals surface area contributed by atoms with E-state index in [2.05, 4.69) is 10.1 Å². The highest BCUT2D eigenvalue weighted by Gasteiger charge is 2.32. The second kappa shape index (κ2) is 7.86. The molecule has 1 saturated heterocycles. The van der Waals surface area contributed by atoms with Gasteiger partial charge in [-0.3, -0.25) is 9.78 Å². The van der Waals surface area contributed by atoms with Gasteiger partial charge >= 0.3 is 0 Å². The van der Waals surface area contributed by atoms with Crippen LogP contribution < -0.4 is 4.74 Å². The van der Waals surface area contributed by atoms with Crippen LogP contribution in [0.5, 0.6) is 5.75 Å². The van der Waals surface area contributed by atoms with Crippen LogP contribution in [-0.2, 0) is 0 Å². The van der Waals surface area contributed by atoms with E-state index in [0.717, 1.165) is 0 Å². The number of amides is 1. The Bertz CT molecular complexity index is 744. The Labute approximate surface area is 153 Å². The van der Waals surface area contributed by atoms with Crippen LogP contribution in [0.25, 0.3) is 0 Å². The third-order valence-electron chi connectivity index (χ3n) is 4.67. The standard InChI is InChI=1S/C19H25N3O4/c1-12(2)18-17(13(3)26-21-18)19(24)22-9-6-15(23)16(7-10-22)25-14-5-4-8-20-11-14/h4-5,8,11-12,15-16,23H,6-7,9-10H2,1-3H3/t15-,16-/m0/s1. The van der Waals surface area contributed by atoms with E-state index in [1.54, 1.807) is 30.3 Å². The molecule has 1 N–H and O–H groups in total. The highest BCUT2D eigenvalue weighted by atomic mass is 16.5. The Hall–Kier alpha value is -2.41. The molecule has 26 heavy (non-hydrogen) atoms. The van der Waals surface area contributed by atoms with Crippen LogP contribution in [0.2, 0.25) is 0 Å². The molecule has 1 aliphatic heterocycles. The fourth-order valence-electron chi connectivity index (χ4n) is 3.20. The van der Waals surface area contributed by atoms with E-state index in [-0.39, 0.29) is 17.9 Å². The Morgan fingerprint density at radius 3 is 2.85 bits per heavy atom. The zero-order chi connectivity index (χ0) is 18.7. The number of ether oxygens (including phenoxy) is 1. The van der Waals surface area contributed by atoms with E-state index in [9.17, 15) is 9.90 Å². The summed E-state index contributed by atoms with van der Waals surface area (Å²) in [4.78, 5) is 18.8. The lowest BCUT2D eigenvalue weighted by Gasteiger charge is -2.21. The highest BCUT2D eigenvalue weighted by Crippen LogP contribution is 2.25. The van der Waals surface area contributed by atoms with Crippen LogP contribution in [0.3, 0.4) is 0 Å². The molecule has 2 aromatic heterocycles. The molecule has 0 unspecified atom stereocenters. The molecule has 140 valence electrons. The molecule has 2 atom stereocenters. The van der Waals surface area contributed by atoms with Gasteiger partial charge in [-0.15, -0.1) is 0 Å². The molecular weight excluding hydrogens is 334 g/mol. The number of hydrogen-bond acceptors (Lipinski definition) is 6. The van der Waals surface area contributed by atoms with Crippen LogP contribution in [0.15, 0.2) is 29.0 Å². The van der Waals surface area contributed by atoms with Gasteiger partial charge < -0.3 is 19.3 Å². The summed E-state index contributed by atoms with van der Waals surface area (Å²) in [6.45, 7) is 6.70. The van der Waals surface area contributed by atoms with Gasteiger partial charge in [-0.05, 0) is 31.4 Å². The van der Waals surface area contributed by atoms with E-state index in [1.807, 2.05) is 19.9 Å². The molecule has 1 aliphatic rings. The van der Waals surface area contributed by atoms with Gasteiger partial charge in [0.25, 0.3) is 5.91 Å². The lowest BCUT2D eigenvalue weighted by atomic mass is 10.0. The van der Waals surface area contributed by atoms with Crippen LogP contribution in [0, 0.1) is 6.92 Å². The summed E-state index contributed by atoms with van der Waals surface area (Å²) in [5.41, 5.74) is 1.22. The first kappa shape index (κ1) is 18.4. The Morgan fingerprint density at radius 2 is 2.15 bits per heavy atom. The summed E-state index contributed by atoms with van der Waals surface area (Å²) in [5, 5.41) is 14.5. The minimum atomic E-state index is -0.638. The van der Waals surface area contributed by atoms with Crippen LogP contribution in [0.1, 0.15) is 54.4 Å². The molecular formula is C19H25N3O4. The van der Waals surface area contributed by atoms with Crippen molar-refractivity contribution >= 4 is 5.91 Å². The van der Waals surface area contributed by atoms with Gasteiger partial charge in [0.1, 0.15) is 23.2 Å². The minimum Gasteiger partial charge on any atom is -0.486 e. The Balaban J connectivity index is 1.72. The maximum Gasteiger partial charge on any atom is 0.259 e. The Morgan fingerprint density at radius 1 is 1.38 bits per heavy atom. The smallest absolute Gasteiger partial charge is 0.259 e. The minimum absolute atomic E-state index is 0.0957. The number of aliphatic hydroxyl groups is 1. The number of rotatable bonds is 4. The molecule has 0 saturated carbocycles. The maximum atomic E-state index is 13.0. The summed E-state index contributed by atoms with van der Waals surface area (Å²) in [6.07, 6.45) is 3.29. The zero-order valence-electron chi connectivity index (χ0n) is 15.4. The number of aryl methyl sites for hydroxylation is 1. The molecule has 7 heteroatoms. The van der Waals surface area contributed by atoms with E-state index in [1.165, 1.54) is 0 Å². The van der Waals surface area contributed by atoms with Crippen molar-refractivity contribution in [2.75, 3.05) is 13.1 Å². The normalized spacial score (nSPS) is 20.9. The lowest BCUT2D eigenvalue weighted by molar-refractivity contribution is 0.0348. The number of aromatic nitrogens is 2. The second-order valence-electron chi connectivity index (χ2n) is 6.94.